The Balaban J connectivity index is 1.44. The lowest BCUT2D eigenvalue weighted by Gasteiger charge is -2.21. The van der Waals surface area contributed by atoms with E-state index >= 15 is 0 Å². The number of benzene rings is 3. The van der Waals surface area contributed by atoms with E-state index in [0.29, 0.717) is 0 Å². The topological polar surface area (TPSA) is 25.2 Å². The van der Waals surface area contributed by atoms with Crippen molar-refractivity contribution >= 4 is 39.2 Å². The van der Waals surface area contributed by atoms with E-state index in [9.17, 15) is 5.11 Å². The Morgan fingerprint density at radius 2 is 1.29 bits per heavy atom. The Hall–Kier alpha value is -3.14. The van der Waals surface area contributed by atoms with E-state index in [0.717, 1.165) is 0 Å². The first kappa shape index (κ1) is 22.6. The molecule has 5 aromatic rings. The smallest absolute Gasteiger partial charge is 0.0541 e. The second-order valence-corrected chi connectivity index (χ2v) is 11.3. The number of thiophene rings is 1. The molecule has 0 bridgehead atoms. The summed E-state index contributed by atoms with van der Waals surface area (Å²) in [6, 6.07) is 30.4. The lowest BCUT2D eigenvalue weighted by atomic mass is 9.89. The standard InChI is InChI=1S/C31H31NOS/c1-30(2,28-17-18-29(34-28)31(3,4)21-33)20-19-22-13-15-23(16-14-22)32-26-11-7-5-9-24(26)25-10-6-8-12-27(25)32/h5-20,33H,21H2,1-4H3/b20-19+. The van der Waals surface area contributed by atoms with Gasteiger partial charge in [-0.1, -0.05) is 88.4 Å². The molecule has 34 heavy (non-hydrogen) atoms. The quantitative estimate of drug-likeness (QED) is 0.269. The molecule has 0 saturated carbocycles. The lowest BCUT2D eigenvalue weighted by molar-refractivity contribution is 0.221. The summed E-state index contributed by atoms with van der Waals surface area (Å²) in [7, 11) is 0. The van der Waals surface area contributed by atoms with Crippen LogP contribution in [0.15, 0.2) is 91.0 Å². The van der Waals surface area contributed by atoms with Gasteiger partial charge in [-0.2, -0.15) is 0 Å². The van der Waals surface area contributed by atoms with Crippen LogP contribution in [0, 0.1) is 0 Å². The van der Waals surface area contributed by atoms with Crippen LogP contribution < -0.4 is 0 Å². The summed E-state index contributed by atoms with van der Waals surface area (Å²) in [5, 5.41) is 12.3. The Morgan fingerprint density at radius 1 is 0.735 bits per heavy atom. The fourth-order valence-electron chi connectivity index (χ4n) is 4.45. The highest BCUT2D eigenvalue weighted by Gasteiger charge is 2.25. The monoisotopic (exact) mass is 465 g/mol. The Bertz CT molecular complexity index is 1430. The van der Waals surface area contributed by atoms with Crippen molar-refractivity contribution < 1.29 is 5.11 Å². The van der Waals surface area contributed by atoms with Crippen molar-refractivity contribution in [3.05, 3.63) is 106 Å². The molecule has 0 aliphatic carbocycles. The maximum atomic E-state index is 9.71. The van der Waals surface area contributed by atoms with Crippen LogP contribution in [0.2, 0.25) is 0 Å². The van der Waals surface area contributed by atoms with Gasteiger partial charge in [-0.05, 0) is 42.0 Å². The van der Waals surface area contributed by atoms with Gasteiger partial charge in [0.05, 0.1) is 17.6 Å². The van der Waals surface area contributed by atoms with Crippen LogP contribution >= 0.6 is 11.3 Å². The summed E-state index contributed by atoms with van der Waals surface area (Å²) in [6.07, 6.45) is 4.50. The number of para-hydroxylation sites is 2. The summed E-state index contributed by atoms with van der Waals surface area (Å²) in [5.74, 6) is 0. The van der Waals surface area contributed by atoms with Crippen LogP contribution in [0.25, 0.3) is 33.6 Å². The van der Waals surface area contributed by atoms with Crippen molar-refractivity contribution in [1.82, 2.24) is 4.57 Å². The molecule has 2 nitrogen and oxygen atoms in total. The van der Waals surface area contributed by atoms with Gasteiger partial charge >= 0.3 is 0 Å². The van der Waals surface area contributed by atoms with Gasteiger partial charge in [0.25, 0.3) is 0 Å². The molecular formula is C31H31NOS. The number of aliphatic hydroxyl groups is 1. The van der Waals surface area contributed by atoms with Crippen molar-refractivity contribution in [3.63, 3.8) is 0 Å². The van der Waals surface area contributed by atoms with Gasteiger partial charge in [0, 0.05) is 37.0 Å². The van der Waals surface area contributed by atoms with Crippen LogP contribution in [0.1, 0.15) is 43.0 Å². The van der Waals surface area contributed by atoms with E-state index < -0.39 is 0 Å². The second-order valence-electron chi connectivity index (χ2n) is 10.2. The van der Waals surface area contributed by atoms with Gasteiger partial charge < -0.3 is 9.67 Å². The number of rotatable bonds is 6. The highest BCUT2D eigenvalue weighted by molar-refractivity contribution is 7.12. The fourth-order valence-corrected chi connectivity index (χ4v) is 5.63. The summed E-state index contributed by atoms with van der Waals surface area (Å²) in [5.41, 5.74) is 4.53. The van der Waals surface area contributed by atoms with Crippen molar-refractivity contribution in [2.75, 3.05) is 6.61 Å². The van der Waals surface area contributed by atoms with Gasteiger partial charge in [-0.25, -0.2) is 0 Å². The zero-order valence-corrected chi connectivity index (χ0v) is 21.1. The molecule has 2 heterocycles. The molecule has 2 aromatic heterocycles. The zero-order valence-electron chi connectivity index (χ0n) is 20.2. The fraction of sp³-hybridized carbons (Fsp3) is 0.226. The van der Waals surface area contributed by atoms with Crippen molar-refractivity contribution in [2.45, 2.75) is 38.5 Å². The van der Waals surface area contributed by atoms with Crippen LogP contribution in [0.4, 0.5) is 0 Å². The van der Waals surface area contributed by atoms with Crippen LogP contribution in [-0.4, -0.2) is 16.3 Å². The van der Waals surface area contributed by atoms with Gasteiger partial charge in [0.2, 0.25) is 0 Å². The highest BCUT2D eigenvalue weighted by atomic mass is 32.1. The molecule has 0 amide bonds. The highest BCUT2D eigenvalue weighted by Crippen LogP contribution is 2.37. The van der Waals surface area contributed by atoms with Crippen LogP contribution in [-0.2, 0) is 10.8 Å². The molecular weight excluding hydrogens is 434 g/mol. The summed E-state index contributed by atoms with van der Waals surface area (Å²) >= 11 is 1.79. The number of allylic oxidation sites excluding steroid dienone is 1. The SMILES string of the molecule is CC(C)(/C=C/c1ccc(-n2c3ccccc3c3ccccc32)cc1)c1ccc(C(C)(C)CO)s1. The Labute approximate surface area is 205 Å². The first-order chi connectivity index (χ1) is 16.3. The zero-order chi connectivity index (χ0) is 23.9. The number of aromatic nitrogens is 1. The van der Waals surface area contributed by atoms with Crippen molar-refractivity contribution in [2.24, 2.45) is 0 Å². The van der Waals surface area contributed by atoms with E-state index in [1.54, 1.807) is 11.3 Å². The van der Waals surface area contributed by atoms with Gasteiger partial charge in [-0.15, -0.1) is 11.3 Å². The Morgan fingerprint density at radius 3 is 1.88 bits per heavy atom. The largest absolute Gasteiger partial charge is 0.395 e. The third-order valence-electron chi connectivity index (χ3n) is 6.73. The van der Waals surface area contributed by atoms with Gasteiger partial charge in [-0.3, -0.25) is 0 Å². The van der Waals surface area contributed by atoms with Gasteiger partial charge in [0.15, 0.2) is 0 Å². The first-order valence-corrected chi connectivity index (χ1v) is 12.6. The minimum Gasteiger partial charge on any atom is -0.395 e. The van der Waals surface area contributed by atoms with Gasteiger partial charge in [0.1, 0.15) is 0 Å². The molecule has 5 rings (SSSR count). The number of nitrogens with zero attached hydrogens (tertiary/aromatic N) is 1. The van der Waals surface area contributed by atoms with E-state index in [4.69, 9.17) is 0 Å². The third-order valence-corrected chi connectivity index (χ3v) is 8.52. The molecule has 0 atom stereocenters. The number of aliphatic hydroxyl groups excluding tert-OH is 1. The minimum atomic E-state index is -0.203. The number of fused-ring (bicyclic) bond motifs is 3. The lowest BCUT2D eigenvalue weighted by Crippen LogP contribution is -2.20. The average molecular weight is 466 g/mol. The predicted molar refractivity (Wildman–Crippen MR) is 147 cm³/mol. The summed E-state index contributed by atoms with van der Waals surface area (Å²) < 4.78 is 2.35. The normalized spacial score (nSPS) is 12.9. The van der Waals surface area contributed by atoms with Crippen molar-refractivity contribution in [1.29, 1.82) is 0 Å². The molecule has 0 fully saturated rings. The molecule has 3 heteroatoms. The molecule has 0 aliphatic rings. The third kappa shape index (κ3) is 4.00. The van der Waals surface area contributed by atoms with Crippen LogP contribution in [0.3, 0.4) is 0 Å². The second kappa shape index (κ2) is 8.57. The molecule has 0 aliphatic heterocycles. The van der Waals surface area contributed by atoms with E-state index in [2.05, 4.69) is 129 Å². The van der Waals surface area contributed by atoms with E-state index in [1.165, 1.54) is 42.8 Å². The molecule has 172 valence electrons. The summed E-state index contributed by atoms with van der Waals surface area (Å²) in [6.45, 7) is 8.82. The molecule has 0 radical (unpaired) electrons. The molecule has 1 N–H and O–H groups in total. The van der Waals surface area contributed by atoms with E-state index in [-0.39, 0.29) is 17.4 Å². The first-order valence-electron chi connectivity index (χ1n) is 11.8. The van der Waals surface area contributed by atoms with Crippen molar-refractivity contribution in [3.8, 4) is 5.69 Å². The van der Waals surface area contributed by atoms with E-state index in [1.807, 2.05) is 0 Å². The molecule has 3 aromatic carbocycles. The maximum Gasteiger partial charge on any atom is 0.0541 e. The minimum absolute atomic E-state index is 0.0834. The maximum absolute atomic E-state index is 9.71. The average Bonchev–Trinajstić information content (AvgIpc) is 3.48. The molecule has 0 spiro atoms. The number of hydrogen-bond donors (Lipinski definition) is 1. The predicted octanol–water partition coefficient (Wildman–Crippen LogP) is 8.11. The summed E-state index contributed by atoms with van der Waals surface area (Å²) in [4.78, 5) is 2.53. The molecule has 0 saturated heterocycles. The Kier molecular flexibility index (Phi) is 5.71. The molecule has 0 unspecified atom stereocenters. The van der Waals surface area contributed by atoms with Crippen LogP contribution in [0.5, 0.6) is 0 Å². The number of hydrogen-bond acceptors (Lipinski definition) is 2.